The number of rotatable bonds is 5. The summed E-state index contributed by atoms with van der Waals surface area (Å²) >= 11 is 0. The second-order valence-electron chi connectivity index (χ2n) is 7.57. The van der Waals surface area contributed by atoms with Crippen LogP contribution in [0.25, 0.3) is 0 Å². The Hall–Kier alpha value is -2.72. The molecule has 0 bridgehead atoms. The van der Waals surface area contributed by atoms with Crippen molar-refractivity contribution < 1.29 is 19.1 Å². The van der Waals surface area contributed by atoms with E-state index < -0.39 is 0 Å². The first-order chi connectivity index (χ1) is 14.0. The number of hydrogen-bond acceptors (Lipinski definition) is 6. The molecule has 2 aliphatic rings. The quantitative estimate of drug-likeness (QED) is 0.725. The molecule has 2 atom stereocenters. The molecule has 1 fully saturated rings. The lowest BCUT2D eigenvalue weighted by molar-refractivity contribution is -0.133. The molecule has 2 aromatic heterocycles. The van der Waals surface area contributed by atoms with Gasteiger partial charge in [-0.25, -0.2) is 0 Å². The zero-order valence-electron chi connectivity index (χ0n) is 16.9. The van der Waals surface area contributed by atoms with Gasteiger partial charge in [-0.05, 0) is 26.3 Å². The van der Waals surface area contributed by atoms with Crippen LogP contribution in [0.5, 0.6) is 0 Å². The maximum Gasteiger partial charge on any atom is 0.272 e. The van der Waals surface area contributed by atoms with Gasteiger partial charge in [0, 0.05) is 24.9 Å². The summed E-state index contributed by atoms with van der Waals surface area (Å²) in [7, 11) is 1.60. The average molecular weight is 402 g/mol. The van der Waals surface area contributed by atoms with Crippen LogP contribution in [-0.2, 0) is 33.8 Å². The number of carbonyl (C=O) groups excluding carboxylic acids is 2. The number of ether oxygens (including phenoxy) is 2. The fourth-order valence-electron chi connectivity index (χ4n) is 3.92. The molecule has 0 aromatic carbocycles. The molecule has 0 radical (unpaired) electrons. The van der Waals surface area contributed by atoms with Gasteiger partial charge in [0.25, 0.3) is 5.91 Å². The number of fused-ring (bicyclic) bond motifs is 1. The summed E-state index contributed by atoms with van der Waals surface area (Å²) < 4.78 is 12.4. The van der Waals surface area contributed by atoms with Gasteiger partial charge in [0.15, 0.2) is 5.69 Å². The van der Waals surface area contributed by atoms with Crippen molar-refractivity contribution in [2.45, 2.75) is 45.5 Å². The predicted octanol–water partition coefficient (Wildman–Crippen LogP) is -0.0485. The van der Waals surface area contributed by atoms with Crippen molar-refractivity contribution in [1.82, 2.24) is 30.2 Å². The Morgan fingerprint density at radius 3 is 2.93 bits per heavy atom. The summed E-state index contributed by atoms with van der Waals surface area (Å²) in [6, 6.07) is 1.76. The summed E-state index contributed by atoms with van der Waals surface area (Å²) in [6.07, 6.45) is 0.419. The smallest absolute Gasteiger partial charge is 0.272 e. The van der Waals surface area contributed by atoms with E-state index in [9.17, 15) is 9.59 Å². The molecule has 2 aliphatic heterocycles. The molecule has 10 heteroatoms. The van der Waals surface area contributed by atoms with Crippen LogP contribution in [0, 0.1) is 13.8 Å². The molecule has 0 spiro atoms. The Morgan fingerprint density at radius 2 is 2.21 bits per heavy atom. The van der Waals surface area contributed by atoms with Crippen molar-refractivity contribution in [2.75, 3.05) is 26.9 Å². The Morgan fingerprint density at radius 1 is 1.38 bits per heavy atom. The van der Waals surface area contributed by atoms with Gasteiger partial charge in [-0.15, -0.1) is 0 Å². The number of carbonyl (C=O) groups is 2. The third-order valence-electron chi connectivity index (χ3n) is 5.54. The van der Waals surface area contributed by atoms with E-state index in [0.717, 1.165) is 22.6 Å². The molecule has 1 saturated heterocycles. The number of aromatic amines is 1. The van der Waals surface area contributed by atoms with Crippen LogP contribution in [0.2, 0.25) is 0 Å². The number of nitrogens with zero attached hydrogens (tertiary/aromatic N) is 4. The lowest BCUT2D eigenvalue weighted by Crippen LogP contribution is -2.44. The summed E-state index contributed by atoms with van der Waals surface area (Å²) in [5.74, 6) is -0.254. The number of amides is 2. The van der Waals surface area contributed by atoms with Gasteiger partial charge < -0.3 is 19.7 Å². The van der Waals surface area contributed by atoms with E-state index in [1.807, 2.05) is 19.9 Å². The zero-order chi connectivity index (χ0) is 20.5. The van der Waals surface area contributed by atoms with Crippen molar-refractivity contribution in [3.05, 3.63) is 34.4 Å². The summed E-state index contributed by atoms with van der Waals surface area (Å²) in [6.45, 7) is 5.88. The van der Waals surface area contributed by atoms with Gasteiger partial charge in [0.1, 0.15) is 12.6 Å². The Kier molecular flexibility index (Phi) is 5.37. The zero-order valence-corrected chi connectivity index (χ0v) is 16.9. The van der Waals surface area contributed by atoms with Gasteiger partial charge >= 0.3 is 0 Å². The molecule has 2 amide bonds. The third-order valence-corrected chi connectivity index (χ3v) is 5.54. The largest absolute Gasteiger partial charge is 0.377 e. The Bertz CT molecular complexity index is 920. The van der Waals surface area contributed by atoms with Crippen molar-refractivity contribution >= 4 is 11.8 Å². The number of aryl methyl sites for hydroxylation is 2. The fourth-order valence-corrected chi connectivity index (χ4v) is 3.92. The Labute approximate surface area is 168 Å². The van der Waals surface area contributed by atoms with Crippen LogP contribution in [0.1, 0.15) is 33.1 Å². The molecule has 10 nitrogen and oxygen atoms in total. The van der Waals surface area contributed by atoms with Crippen LogP contribution in [0.15, 0.2) is 6.07 Å². The van der Waals surface area contributed by atoms with E-state index in [-0.39, 0.29) is 30.5 Å². The fraction of sp³-hybridized carbons (Fsp3) is 0.579. The van der Waals surface area contributed by atoms with Crippen LogP contribution < -0.4 is 5.32 Å². The number of hydrogen-bond donors (Lipinski definition) is 2. The molecule has 0 saturated carbocycles. The first-order valence-corrected chi connectivity index (χ1v) is 9.72. The van der Waals surface area contributed by atoms with Gasteiger partial charge in [0.2, 0.25) is 5.91 Å². The molecule has 0 unspecified atom stereocenters. The number of H-pyrrole nitrogens is 1. The monoisotopic (exact) mass is 402 g/mol. The van der Waals surface area contributed by atoms with Crippen molar-refractivity contribution in [3.63, 3.8) is 0 Å². The lowest BCUT2D eigenvalue weighted by Gasteiger charge is -2.27. The molecule has 4 rings (SSSR count). The minimum absolute atomic E-state index is 0.00603. The number of aromatic nitrogens is 4. The molecule has 29 heavy (non-hydrogen) atoms. The maximum atomic E-state index is 12.7. The van der Waals surface area contributed by atoms with Crippen LogP contribution in [0.3, 0.4) is 0 Å². The topological polar surface area (TPSA) is 114 Å². The van der Waals surface area contributed by atoms with Gasteiger partial charge in [-0.2, -0.15) is 10.2 Å². The van der Waals surface area contributed by atoms with E-state index in [1.54, 1.807) is 16.7 Å². The summed E-state index contributed by atoms with van der Waals surface area (Å²) in [5, 5.41) is 14.4. The highest BCUT2D eigenvalue weighted by Crippen LogP contribution is 2.21. The van der Waals surface area contributed by atoms with E-state index in [2.05, 4.69) is 20.6 Å². The van der Waals surface area contributed by atoms with Crippen LogP contribution in [-0.4, -0.2) is 75.7 Å². The average Bonchev–Trinajstić information content (AvgIpc) is 3.39. The predicted molar refractivity (Wildman–Crippen MR) is 102 cm³/mol. The second kappa shape index (κ2) is 7.96. The van der Waals surface area contributed by atoms with E-state index >= 15 is 0 Å². The van der Waals surface area contributed by atoms with Crippen molar-refractivity contribution in [2.24, 2.45) is 0 Å². The van der Waals surface area contributed by atoms with Crippen LogP contribution in [0.4, 0.5) is 0 Å². The molecule has 156 valence electrons. The molecule has 2 aromatic rings. The summed E-state index contributed by atoms with van der Waals surface area (Å²) in [5.41, 5.74) is 3.90. The third kappa shape index (κ3) is 3.90. The number of nitrogens with one attached hydrogen (secondary N) is 2. The standard InChI is InChI=1S/C19H26N6O4/c1-11-6-12(2)25(23-11)8-17(26)24-5-4-13-14(7-24)21-22-18(13)19(27)20-15-9-29-10-16(15)28-3/h6,15-16H,4-5,7-10H2,1-3H3,(H,20,27)(H,21,22)/t15-,16-/m0/s1. The minimum Gasteiger partial charge on any atom is -0.377 e. The highest BCUT2D eigenvalue weighted by atomic mass is 16.5. The molecular weight excluding hydrogens is 376 g/mol. The lowest BCUT2D eigenvalue weighted by atomic mass is 10.0. The van der Waals surface area contributed by atoms with E-state index in [1.165, 1.54) is 0 Å². The number of methoxy groups -OCH3 is 1. The first kappa shape index (κ1) is 19.6. The SMILES string of the molecule is CO[C@H]1COC[C@@H]1NC(=O)c1n[nH]c2c1CCN(C(=O)Cn1nc(C)cc1C)C2. The van der Waals surface area contributed by atoms with E-state index in [4.69, 9.17) is 9.47 Å². The highest BCUT2D eigenvalue weighted by molar-refractivity contribution is 5.94. The second-order valence-corrected chi connectivity index (χ2v) is 7.57. The van der Waals surface area contributed by atoms with Gasteiger partial charge in [-0.3, -0.25) is 19.4 Å². The molecule has 0 aliphatic carbocycles. The highest BCUT2D eigenvalue weighted by Gasteiger charge is 2.32. The maximum absolute atomic E-state index is 12.7. The van der Waals surface area contributed by atoms with Gasteiger partial charge in [0.05, 0.1) is 37.2 Å². The molecule has 4 heterocycles. The van der Waals surface area contributed by atoms with E-state index in [0.29, 0.717) is 38.4 Å². The first-order valence-electron chi connectivity index (χ1n) is 9.72. The molecule has 2 N–H and O–H groups in total. The summed E-state index contributed by atoms with van der Waals surface area (Å²) in [4.78, 5) is 27.2. The van der Waals surface area contributed by atoms with Gasteiger partial charge in [-0.1, -0.05) is 0 Å². The van der Waals surface area contributed by atoms with Crippen LogP contribution >= 0.6 is 0 Å². The normalized spacial score (nSPS) is 21.3. The Balaban J connectivity index is 1.41. The minimum atomic E-state index is -0.248. The van der Waals surface area contributed by atoms with Crippen molar-refractivity contribution in [3.8, 4) is 0 Å². The van der Waals surface area contributed by atoms with Crippen molar-refractivity contribution in [1.29, 1.82) is 0 Å². The molecular formula is C19H26N6O4.